The molecular weight excluding hydrogens is 474 g/mol. The third kappa shape index (κ3) is 2.49. The van der Waals surface area contributed by atoms with Crippen LogP contribution in [0.5, 0.6) is 0 Å². The van der Waals surface area contributed by atoms with E-state index in [0.29, 0.717) is 57.6 Å². The minimum absolute atomic E-state index is 0.247. The second-order valence-electron chi connectivity index (χ2n) is 9.49. The second-order valence-corrected chi connectivity index (χ2v) is 9.93. The molecule has 2 N–H and O–H groups in total. The van der Waals surface area contributed by atoms with Gasteiger partial charge in [-0.2, -0.15) is 0 Å². The molecule has 0 bridgehead atoms. The van der Waals surface area contributed by atoms with Crippen LogP contribution in [0.4, 0.5) is 5.69 Å². The highest BCUT2D eigenvalue weighted by atomic mass is 35.5. The molecule has 1 atom stereocenters. The van der Waals surface area contributed by atoms with Crippen molar-refractivity contribution in [3.63, 3.8) is 0 Å². The molecule has 4 aliphatic rings. The Morgan fingerprint density at radius 3 is 2.53 bits per heavy atom. The molecule has 3 aliphatic heterocycles. The lowest BCUT2D eigenvalue weighted by Gasteiger charge is -2.39. The van der Waals surface area contributed by atoms with E-state index in [1.807, 2.05) is 42.2 Å². The number of halogens is 1. The molecule has 3 aromatic rings. The number of rotatable bonds is 2. The smallest absolute Gasteiger partial charge is 0.244 e. The fourth-order valence-corrected chi connectivity index (χ4v) is 6.21. The van der Waals surface area contributed by atoms with E-state index in [9.17, 15) is 14.4 Å². The Morgan fingerprint density at radius 2 is 1.75 bits per heavy atom. The Bertz CT molecular complexity index is 1620. The van der Waals surface area contributed by atoms with Crippen LogP contribution in [0.1, 0.15) is 37.4 Å². The summed E-state index contributed by atoms with van der Waals surface area (Å²) < 4.78 is 0. The summed E-state index contributed by atoms with van der Waals surface area (Å²) in [4.78, 5) is 44.6. The van der Waals surface area contributed by atoms with Gasteiger partial charge < -0.3 is 15.5 Å². The third-order valence-electron chi connectivity index (χ3n) is 7.56. The van der Waals surface area contributed by atoms with Crippen molar-refractivity contribution in [1.29, 1.82) is 0 Å². The number of nitrogens with zero attached hydrogens (tertiary/aromatic N) is 1. The minimum atomic E-state index is -1.64. The zero-order valence-electron chi connectivity index (χ0n) is 19.3. The molecule has 0 radical (unpaired) electrons. The number of ketones is 2. The van der Waals surface area contributed by atoms with Crippen molar-refractivity contribution in [3.8, 4) is 0 Å². The standard InChI is InChI=1S/C29H20ClN3O3/c1-15-6-8-16(9-7-15)25(34)23-27-31-12-13-33(27)24-18-4-2-3-5-19(18)26(35)22(24)29(23)20-14-17(30)10-11-21(20)32-28(29)36/h2-11,14,31H,12-13H2,1H3,(H,32,36). The molecule has 1 unspecified atom stereocenters. The quantitative estimate of drug-likeness (QED) is 0.515. The second kappa shape index (κ2) is 7.18. The Labute approximate surface area is 212 Å². The van der Waals surface area contributed by atoms with Crippen LogP contribution in [0.2, 0.25) is 5.02 Å². The zero-order chi connectivity index (χ0) is 24.8. The molecular formula is C29H20ClN3O3. The lowest BCUT2D eigenvalue weighted by molar-refractivity contribution is -0.118. The zero-order valence-corrected chi connectivity index (χ0v) is 20.1. The maximum absolute atomic E-state index is 14.4. The first-order chi connectivity index (χ1) is 17.4. The van der Waals surface area contributed by atoms with Crippen molar-refractivity contribution >= 4 is 40.5 Å². The van der Waals surface area contributed by atoms with Crippen molar-refractivity contribution in [2.45, 2.75) is 12.3 Å². The Hall–Kier alpha value is -4.16. The molecule has 1 fully saturated rings. The van der Waals surface area contributed by atoms with Gasteiger partial charge in [0.25, 0.3) is 0 Å². The summed E-state index contributed by atoms with van der Waals surface area (Å²) in [5, 5.41) is 6.75. The van der Waals surface area contributed by atoms with Gasteiger partial charge in [0.2, 0.25) is 5.91 Å². The van der Waals surface area contributed by atoms with Crippen molar-refractivity contribution in [2.24, 2.45) is 0 Å². The number of nitrogens with one attached hydrogen (secondary N) is 2. The molecule has 0 aromatic heterocycles. The van der Waals surface area contributed by atoms with Crippen molar-refractivity contribution < 1.29 is 14.4 Å². The van der Waals surface area contributed by atoms with Crippen LogP contribution < -0.4 is 10.6 Å². The molecule has 7 heteroatoms. The van der Waals surface area contributed by atoms with Crippen LogP contribution in [-0.2, 0) is 10.2 Å². The number of benzene rings is 3. The fraction of sp³-hybridized carbons (Fsp3) is 0.138. The molecule has 1 spiro atoms. The number of carbonyl (C=O) groups is 3. The fourth-order valence-electron chi connectivity index (χ4n) is 6.03. The highest BCUT2D eigenvalue weighted by Gasteiger charge is 2.63. The van der Waals surface area contributed by atoms with Gasteiger partial charge in [-0.15, -0.1) is 0 Å². The normalized spacial score (nSPS) is 21.3. The minimum Gasteiger partial charge on any atom is -0.369 e. The van der Waals surface area contributed by atoms with E-state index >= 15 is 0 Å². The molecule has 6 nitrogen and oxygen atoms in total. The number of aryl methyl sites for hydroxylation is 1. The molecule has 176 valence electrons. The van der Waals surface area contributed by atoms with Crippen molar-refractivity contribution in [3.05, 3.63) is 117 Å². The first kappa shape index (κ1) is 21.1. The lowest BCUT2D eigenvalue weighted by Crippen LogP contribution is -2.48. The maximum atomic E-state index is 14.4. The summed E-state index contributed by atoms with van der Waals surface area (Å²) in [6.45, 7) is 3.10. The molecule has 3 heterocycles. The summed E-state index contributed by atoms with van der Waals surface area (Å²) in [5.41, 5.74) is 3.43. The first-order valence-electron chi connectivity index (χ1n) is 11.8. The van der Waals surface area contributed by atoms with Gasteiger partial charge in [-0.05, 0) is 25.1 Å². The van der Waals surface area contributed by atoms with Gasteiger partial charge >= 0.3 is 0 Å². The summed E-state index contributed by atoms with van der Waals surface area (Å²) >= 11 is 6.45. The van der Waals surface area contributed by atoms with E-state index in [0.717, 1.165) is 11.1 Å². The molecule has 1 amide bonds. The Kier molecular flexibility index (Phi) is 4.22. The van der Waals surface area contributed by atoms with E-state index in [4.69, 9.17) is 11.6 Å². The highest BCUT2D eigenvalue weighted by molar-refractivity contribution is 6.34. The maximum Gasteiger partial charge on any atom is 0.244 e. The van der Waals surface area contributed by atoms with E-state index in [2.05, 4.69) is 10.6 Å². The number of amides is 1. The first-order valence-corrected chi connectivity index (χ1v) is 12.2. The van der Waals surface area contributed by atoms with E-state index in [-0.39, 0.29) is 17.1 Å². The van der Waals surface area contributed by atoms with Gasteiger partial charge in [-0.1, -0.05) is 65.7 Å². The predicted octanol–water partition coefficient (Wildman–Crippen LogP) is 4.46. The molecule has 3 aromatic carbocycles. The topological polar surface area (TPSA) is 78.5 Å². The van der Waals surface area contributed by atoms with Gasteiger partial charge in [-0.25, -0.2) is 0 Å². The van der Waals surface area contributed by atoms with Gasteiger partial charge in [0.05, 0.1) is 11.3 Å². The summed E-state index contributed by atoms with van der Waals surface area (Å²) in [6.07, 6.45) is 0. The van der Waals surface area contributed by atoms with Crippen LogP contribution in [0.3, 0.4) is 0 Å². The monoisotopic (exact) mass is 493 g/mol. The van der Waals surface area contributed by atoms with Crippen molar-refractivity contribution in [1.82, 2.24) is 10.2 Å². The number of anilines is 1. The summed E-state index contributed by atoms with van der Waals surface area (Å²) in [6, 6.07) is 19.8. The van der Waals surface area contributed by atoms with Crippen LogP contribution in [0, 0.1) is 6.92 Å². The van der Waals surface area contributed by atoms with E-state index < -0.39 is 11.3 Å². The van der Waals surface area contributed by atoms with Gasteiger partial charge in [0, 0.05) is 51.6 Å². The van der Waals surface area contributed by atoms with Crippen LogP contribution >= 0.6 is 11.6 Å². The average Bonchev–Trinajstić information content (AvgIpc) is 3.54. The molecule has 7 rings (SSSR count). The van der Waals surface area contributed by atoms with Crippen LogP contribution in [-0.4, -0.2) is 35.5 Å². The number of fused-ring (bicyclic) bond motifs is 7. The number of hydrogen-bond donors (Lipinski definition) is 2. The van der Waals surface area contributed by atoms with Gasteiger partial charge in [-0.3, -0.25) is 14.4 Å². The lowest BCUT2D eigenvalue weighted by atomic mass is 9.64. The molecule has 36 heavy (non-hydrogen) atoms. The highest BCUT2D eigenvalue weighted by Crippen LogP contribution is 2.58. The summed E-state index contributed by atoms with van der Waals surface area (Å²) in [5.74, 6) is -0.414. The van der Waals surface area contributed by atoms with Gasteiger partial charge in [0.1, 0.15) is 11.2 Å². The summed E-state index contributed by atoms with van der Waals surface area (Å²) in [7, 11) is 0. The molecule has 0 saturated carbocycles. The van der Waals surface area contributed by atoms with E-state index in [1.54, 1.807) is 36.4 Å². The average molecular weight is 494 g/mol. The predicted molar refractivity (Wildman–Crippen MR) is 137 cm³/mol. The number of Topliss-reactive ketones (excluding diaryl/α,β-unsaturated/α-hetero) is 2. The van der Waals surface area contributed by atoms with E-state index in [1.165, 1.54) is 0 Å². The molecule has 1 saturated heterocycles. The Morgan fingerprint density at radius 1 is 1.00 bits per heavy atom. The third-order valence-corrected chi connectivity index (χ3v) is 7.80. The largest absolute Gasteiger partial charge is 0.369 e. The van der Waals surface area contributed by atoms with Crippen molar-refractivity contribution in [2.75, 3.05) is 18.4 Å². The number of carbonyl (C=O) groups excluding carboxylic acids is 3. The van der Waals surface area contributed by atoms with Crippen LogP contribution in [0.25, 0.3) is 5.70 Å². The van der Waals surface area contributed by atoms with Gasteiger partial charge in [0.15, 0.2) is 11.6 Å². The Balaban J connectivity index is 1.60. The SMILES string of the molecule is Cc1ccc(C(=O)C2=C3NCCN3C3=C(C(=O)c4ccccc43)C23C(=O)Nc2ccc(Cl)cc23)cc1. The number of hydrogen-bond acceptors (Lipinski definition) is 5. The molecule has 1 aliphatic carbocycles. The van der Waals surface area contributed by atoms with Crippen LogP contribution in [0.15, 0.2) is 83.7 Å².